The van der Waals surface area contributed by atoms with E-state index in [1.54, 1.807) is 6.07 Å². The van der Waals surface area contributed by atoms with Crippen LogP contribution in [0.15, 0.2) is 34.7 Å². The third kappa shape index (κ3) is 5.62. The highest BCUT2D eigenvalue weighted by atomic mass is 16.3. The van der Waals surface area contributed by atoms with Gasteiger partial charge in [0.2, 0.25) is 5.91 Å². The van der Waals surface area contributed by atoms with Gasteiger partial charge in [0.1, 0.15) is 5.58 Å². The monoisotopic (exact) mass is 431 g/mol. The number of hydrogen-bond donors (Lipinski definition) is 3. The molecule has 0 unspecified atom stereocenters. The zero-order chi connectivity index (χ0) is 22.4. The van der Waals surface area contributed by atoms with Gasteiger partial charge in [0.25, 0.3) is 12.4 Å². The molecule has 1 saturated heterocycles. The molecule has 2 fully saturated rings. The Morgan fingerprint density at radius 1 is 1.16 bits per heavy atom. The largest absolute Gasteiger partial charge is 0.483 e. The number of para-hydroxylation sites is 1. The summed E-state index contributed by atoms with van der Waals surface area (Å²) in [6.45, 7) is 3.09. The lowest BCUT2D eigenvalue weighted by Crippen LogP contribution is -2.40. The van der Waals surface area contributed by atoms with E-state index in [4.69, 9.17) is 14.3 Å². The Balaban J connectivity index is 0.000000858. The van der Waals surface area contributed by atoms with Crippen LogP contribution < -0.4 is 5.32 Å². The van der Waals surface area contributed by atoms with E-state index in [0.717, 1.165) is 38.0 Å². The number of aliphatic hydroxyl groups is 1. The lowest BCUT2D eigenvalue weighted by Gasteiger charge is -2.24. The number of aliphatic hydroxyl groups excluding tert-OH is 1. The van der Waals surface area contributed by atoms with Gasteiger partial charge in [-0.25, -0.2) is 0 Å². The van der Waals surface area contributed by atoms with Crippen LogP contribution in [-0.2, 0) is 9.59 Å². The molecule has 0 bridgehead atoms. The van der Waals surface area contributed by atoms with E-state index in [-0.39, 0.29) is 30.0 Å². The SMILES string of the molecule is CN1CCCN(C(=O)[C@H]2C[C@H](NC(=O)c3cc4ccccc4o3)[C@@H](O)C2)CC1.O=CO. The van der Waals surface area contributed by atoms with Gasteiger partial charge in [0, 0.05) is 30.9 Å². The highest BCUT2D eigenvalue weighted by Crippen LogP contribution is 2.29. The molecule has 1 aromatic carbocycles. The van der Waals surface area contributed by atoms with Crippen LogP contribution in [0.2, 0.25) is 0 Å². The molecule has 2 aliphatic rings. The summed E-state index contributed by atoms with van der Waals surface area (Å²) in [5.74, 6) is -0.294. The highest BCUT2D eigenvalue weighted by Gasteiger charge is 2.39. The first-order chi connectivity index (χ1) is 14.9. The first-order valence-corrected chi connectivity index (χ1v) is 10.5. The maximum atomic E-state index is 12.9. The van der Waals surface area contributed by atoms with Crippen LogP contribution in [-0.4, -0.2) is 83.7 Å². The quantitative estimate of drug-likeness (QED) is 0.623. The number of amides is 2. The molecule has 31 heavy (non-hydrogen) atoms. The fraction of sp³-hybridized carbons (Fsp3) is 0.500. The molecule has 1 saturated carbocycles. The van der Waals surface area contributed by atoms with E-state index in [0.29, 0.717) is 18.4 Å². The Hall–Kier alpha value is -2.91. The van der Waals surface area contributed by atoms with Gasteiger partial charge < -0.3 is 29.7 Å². The minimum atomic E-state index is -0.725. The van der Waals surface area contributed by atoms with Crippen LogP contribution in [0.25, 0.3) is 11.0 Å². The number of rotatable bonds is 3. The molecule has 0 spiro atoms. The van der Waals surface area contributed by atoms with Crippen molar-refractivity contribution in [3.05, 3.63) is 36.1 Å². The van der Waals surface area contributed by atoms with Gasteiger partial charge in [0.05, 0.1) is 12.1 Å². The van der Waals surface area contributed by atoms with Gasteiger partial charge >= 0.3 is 0 Å². The molecule has 2 amide bonds. The van der Waals surface area contributed by atoms with Crippen LogP contribution in [0.4, 0.5) is 0 Å². The number of hydrogen-bond acceptors (Lipinski definition) is 6. The lowest BCUT2D eigenvalue weighted by molar-refractivity contribution is -0.135. The van der Waals surface area contributed by atoms with Gasteiger partial charge in [-0.3, -0.25) is 14.4 Å². The van der Waals surface area contributed by atoms with E-state index in [1.165, 1.54) is 0 Å². The summed E-state index contributed by atoms with van der Waals surface area (Å²) in [6.07, 6.45) is 1.08. The van der Waals surface area contributed by atoms with Gasteiger partial charge in [-0.2, -0.15) is 0 Å². The average Bonchev–Trinajstić information content (AvgIpc) is 3.27. The maximum Gasteiger partial charge on any atom is 0.290 e. The van der Waals surface area contributed by atoms with Gasteiger partial charge in [-0.1, -0.05) is 18.2 Å². The van der Waals surface area contributed by atoms with Crippen LogP contribution >= 0.6 is 0 Å². The zero-order valence-corrected chi connectivity index (χ0v) is 17.6. The second kappa shape index (κ2) is 10.4. The zero-order valence-electron chi connectivity index (χ0n) is 17.6. The summed E-state index contributed by atoms with van der Waals surface area (Å²) in [6, 6.07) is 8.69. The second-order valence-corrected chi connectivity index (χ2v) is 8.05. The minimum Gasteiger partial charge on any atom is -0.483 e. The number of carbonyl (C=O) groups is 3. The Morgan fingerprint density at radius 2 is 1.90 bits per heavy atom. The molecule has 3 N–H and O–H groups in total. The topological polar surface area (TPSA) is 123 Å². The van der Waals surface area contributed by atoms with Crippen LogP contribution in [0.5, 0.6) is 0 Å². The Kier molecular flexibility index (Phi) is 7.64. The minimum absolute atomic E-state index is 0.0924. The predicted octanol–water partition coefficient (Wildman–Crippen LogP) is 1.17. The highest BCUT2D eigenvalue weighted by molar-refractivity contribution is 5.96. The summed E-state index contributed by atoms with van der Waals surface area (Å²) < 4.78 is 5.60. The van der Waals surface area contributed by atoms with Crippen molar-refractivity contribution in [3.63, 3.8) is 0 Å². The average molecular weight is 431 g/mol. The van der Waals surface area contributed by atoms with E-state index in [9.17, 15) is 14.7 Å². The van der Waals surface area contributed by atoms with Gasteiger partial charge in [-0.05, 0) is 45.0 Å². The molecule has 2 heterocycles. The number of carbonyl (C=O) groups excluding carboxylic acids is 2. The molecule has 2 aromatic rings. The molecule has 0 radical (unpaired) electrons. The first-order valence-electron chi connectivity index (χ1n) is 10.5. The molecule has 1 aliphatic heterocycles. The fourth-order valence-electron chi connectivity index (χ4n) is 4.23. The van der Waals surface area contributed by atoms with E-state index >= 15 is 0 Å². The van der Waals surface area contributed by atoms with Crippen molar-refractivity contribution in [2.24, 2.45) is 5.92 Å². The molecule has 9 nitrogen and oxygen atoms in total. The van der Waals surface area contributed by atoms with Crippen LogP contribution in [0, 0.1) is 5.92 Å². The number of benzene rings is 1. The number of likely N-dealkylation sites (N-methyl/N-ethyl adjacent to an activating group) is 1. The Morgan fingerprint density at radius 3 is 2.65 bits per heavy atom. The smallest absolute Gasteiger partial charge is 0.290 e. The van der Waals surface area contributed by atoms with Crippen molar-refractivity contribution in [1.82, 2.24) is 15.1 Å². The molecule has 168 valence electrons. The van der Waals surface area contributed by atoms with Crippen molar-refractivity contribution in [2.75, 3.05) is 33.2 Å². The number of furan rings is 1. The molecule has 1 aliphatic carbocycles. The molecule has 9 heteroatoms. The molecular weight excluding hydrogens is 402 g/mol. The lowest BCUT2D eigenvalue weighted by atomic mass is 10.1. The van der Waals surface area contributed by atoms with E-state index < -0.39 is 12.1 Å². The van der Waals surface area contributed by atoms with Gasteiger partial charge in [0.15, 0.2) is 5.76 Å². The molecule has 3 atom stereocenters. The van der Waals surface area contributed by atoms with Crippen LogP contribution in [0.3, 0.4) is 0 Å². The summed E-state index contributed by atoms with van der Waals surface area (Å²) >= 11 is 0. The molecule has 4 rings (SSSR count). The number of fused-ring (bicyclic) bond motifs is 1. The van der Waals surface area contributed by atoms with Crippen molar-refractivity contribution >= 4 is 29.3 Å². The molecule has 1 aromatic heterocycles. The second-order valence-electron chi connectivity index (χ2n) is 8.05. The number of nitrogens with one attached hydrogen (secondary N) is 1. The van der Waals surface area contributed by atoms with Crippen LogP contribution in [0.1, 0.15) is 29.8 Å². The van der Waals surface area contributed by atoms with Crippen molar-refractivity contribution in [1.29, 1.82) is 0 Å². The number of carboxylic acid groups (broad SMARTS) is 1. The fourth-order valence-corrected chi connectivity index (χ4v) is 4.23. The predicted molar refractivity (Wildman–Crippen MR) is 114 cm³/mol. The maximum absolute atomic E-state index is 12.9. The number of nitrogens with zero attached hydrogens (tertiary/aromatic N) is 2. The Bertz CT molecular complexity index is 881. The summed E-state index contributed by atoms with van der Waals surface area (Å²) in [4.78, 5) is 37.9. The Labute approximate surface area is 180 Å². The normalized spacial score (nSPS) is 24.2. The van der Waals surface area contributed by atoms with Crippen molar-refractivity contribution in [2.45, 2.75) is 31.4 Å². The van der Waals surface area contributed by atoms with E-state index in [2.05, 4.69) is 17.3 Å². The van der Waals surface area contributed by atoms with Crippen molar-refractivity contribution in [3.8, 4) is 0 Å². The third-order valence-electron chi connectivity index (χ3n) is 5.88. The molecular formula is C22H29N3O6. The van der Waals surface area contributed by atoms with E-state index in [1.807, 2.05) is 29.2 Å². The summed E-state index contributed by atoms with van der Waals surface area (Å²) in [5.41, 5.74) is 0.652. The summed E-state index contributed by atoms with van der Waals surface area (Å²) in [7, 11) is 2.07. The first kappa shape index (κ1) is 22.8. The standard InChI is InChI=1S/C21H27N3O4.CH2O2/c1-23-7-4-8-24(10-9-23)21(27)15-11-16(17(25)12-15)22-20(26)19-13-14-5-2-3-6-18(14)28-19;2-1-3/h2-3,5-6,13,15-17,25H,4,7-12H2,1H3,(H,22,26);1H,(H,2,3)/t15-,16-,17-;/m0./s1. The summed E-state index contributed by atoms with van der Waals surface area (Å²) in [5, 5.41) is 21.0. The third-order valence-corrected chi connectivity index (χ3v) is 5.88. The van der Waals surface area contributed by atoms with Crippen molar-refractivity contribution < 1.29 is 29.0 Å². The van der Waals surface area contributed by atoms with Gasteiger partial charge in [-0.15, -0.1) is 0 Å².